The third-order valence-corrected chi connectivity index (χ3v) is 3.26. The Morgan fingerprint density at radius 2 is 1.95 bits per heavy atom. The monoisotopic (exact) mass is 280 g/mol. The molecule has 1 aromatic heterocycles. The van der Waals surface area contributed by atoms with Crippen molar-refractivity contribution >= 4 is 5.69 Å². The minimum atomic E-state index is 0.573. The van der Waals surface area contributed by atoms with Gasteiger partial charge in [-0.05, 0) is 31.2 Å². The van der Waals surface area contributed by atoms with Crippen LogP contribution in [0, 0.1) is 6.92 Å². The number of aromatic nitrogens is 3. The summed E-state index contributed by atoms with van der Waals surface area (Å²) < 4.78 is 5.15. The molecule has 0 spiro atoms. The summed E-state index contributed by atoms with van der Waals surface area (Å²) in [5, 5.41) is 7.22. The Morgan fingerprint density at radius 3 is 2.67 bits per heavy atom. The van der Waals surface area contributed by atoms with Crippen LogP contribution in [0.4, 0.5) is 5.69 Å². The summed E-state index contributed by atoms with van der Waals surface area (Å²) in [6.07, 6.45) is 0. The number of nitrogens with one attached hydrogen (secondary N) is 1. The molecule has 0 radical (unpaired) electrons. The van der Waals surface area contributed by atoms with Crippen LogP contribution in [0.2, 0.25) is 0 Å². The van der Waals surface area contributed by atoms with Crippen molar-refractivity contribution in [2.75, 3.05) is 12.8 Å². The highest BCUT2D eigenvalue weighted by molar-refractivity contribution is 5.68. The quantitative estimate of drug-likeness (QED) is 0.723. The molecule has 0 aliphatic heterocycles. The lowest BCUT2D eigenvalue weighted by Crippen LogP contribution is -1.93. The molecule has 3 rings (SSSR count). The summed E-state index contributed by atoms with van der Waals surface area (Å²) >= 11 is 0. The third-order valence-electron chi connectivity index (χ3n) is 3.26. The van der Waals surface area contributed by atoms with Gasteiger partial charge in [0.2, 0.25) is 0 Å². The molecule has 0 saturated carbocycles. The van der Waals surface area contributed by atoms with Gasteiger partial charge in [0.15, 0.2) is 11.6 Å². The van der Waals surface area contributed by atoms with E-state index >= 15 is 0 Å². The normalized spacial score (nSPS) is 10.6. The Morgan fingerprint density at radius 1 is 1.10 bits per heavy atom. The van der Waals surface area contributed by atoms with Gasteiger partial charge in [-0.2, -0.15) is 5.10 Å². The molecule has 0 saturated heterocycles. The largest absolute Gasteiger partial charge is 0.495 e. The first kappa shape index (κ1) is 13.2. The molecule has 1 heterocycles. The second kappa shape index (κ2) is 5.28. The summed E-state index contributed by atoms with van der Waals surface area (Å²) in [6, 6.07) is 13.6. The lowest BCUT2D eigenvalue weighted by atomic mass is 10.1. The van der Waals surface area contributed by atoms with E-state index in [0.29, 0.717) is 23.1 Å². The molecule has 0 bridgehead atoms. The fourth-order valence-electron chi connectivity index (χ4n) is 2.19. The number of H-pyrrole nitrogens is 1. The van der Waals surface area contributed by atoms with Gasteiger partial charge < -0.3 is 10.5 Å². The van der Waals surface area contributed by atoms with Crippen LogP contribution < -0.4 is 10.5 Å². The highest BCUT2D eigenvalue weighted by atomic mass is 16.5. The Labute approximate surface area is 122 Å². The number of hydrogen-bond donors (Lipinski definition) is 2. The predicted molar refractivity (Wildman–Crippen MR) is 83.0 cm³/mol. The molecule has 3 N–H and O–H groups in total. The van der Waals surface area contributed by atoms with E-state index in [1.807, 2.05) is 43.3 Å². The van der Waals surface area contributed by atoms with Crippen LogP contribution in [-0.2, 0) is 0 Å². The number of nitrogen functional groups attached to an aromatic ring is 1. The smallest absolute Gasteiger partial charge is 0.181 e. The van der Waals surface area contributed by atoms with E-state index in [9.17, 15) is 0 Å². The van der Waals surface area contributed by atoms with Crippen molar-refractivity contribution in [2.45, 2.75) is 6.92 Å². The second-order valence-corrected chi connectivity index (χ2v) is 4.83. The molecule has 5 nitrogen and oxygen atoms in total. The standard InChI is InChI=1S/C16H16N4O/c1-10-4-3-5-11(8-10)15-18-16(20-19-15)12-6-7-14(21-2)13(17)9-12/h3-9H,17H2,1-2H3,(H,18,19,20). The van der Waals surface area contributed by atoms with Crippen LogP contribution in [-0.4, -0.2) is 22.3 Å². The molecule has 5 heteroatoms. The van der Waals surface area contributed by atoms with Crippen molar-refractivity contribution in [1.29, 1.82) is 0 Å². The van der Waals surface area contributed by atoms with E-state index in [-0.39, 0.29) is 0 Å². The molecule has 0 amide bonds. The maximum absolute atomic E-state index is 5.92. The van der Waals surface area contributed by atoms with E-state index in [1.54, 1.807) is 7.11 Å². The minimum absolute atomic E-state index is 0.573. The third kappa shape index (κ3) is 2.58. The summed E-state index contributed by atoms with van der Waals surface area (Å²) in [6.45, 7) is 2.04. The van der Waals surface area contributed by atoms with E-state index in [1.165, 1.54) is 5.56 Å². The number of rotatable bonds is 3. The molecule has 0 unspecified atom stereocenters. The molecular weight excluding hydrogens is 264 g/mol. The molecule has 2 aromatic carbocycles. The van der Waals surface area contributed by atoms with Gasteiger partial charge in [0.05, 0.1) is 12.8 Å². The summed E-state index contributed by atoms with van der Waals surface area (Å²) in [7, 11) is 1.59. The van der Waals surface area contributed by atoms with Crippen molar-refractivity contribution in [3.05, 3.63) is 48.0 Å². The number of benzene rings is 2. The van der Waals surface area contributed by atoms with E-state index in [0.717, 1.165) is 11.1 Å². The summed E-state index contributed by atoms with van der Waals surface area (Å²) in [5.41, 5.74) is 9.53. The van der Waals surface area contributed by atoms with E-state index in [4.69, 9.17) is 10.5 Å². The number of anilines is 1. The van der Waals surface area contributed by atoms with Gasteiger partial charge in [0.1, 0.15) is 5.75 Å². The van der Waals surface area contributed by atoms with Crippen LogP contribution in [0.1, 0.15) is 5.56 Å². The van der Waals surface area contributed by atoms with Crippen molar-refractivity contribution in [2.24, 2.45) is 0 Å². The predicted octanol–water partition coefficient (Wildman–Crippen LogP) is 3.04. The van der Waals surface area contributed by atoms with Crippen LogP contribution in [0.5, 0.6) is 5.75 Å². The van der Waals surface area contributed by atoms with Crippen LogP contribution in [0.25, 0.3) is 22.8 Å². The summed E-state index contributed by atoms with van der Waals surface area (Å²) in [5.74, 6) is 2.00. The first-order valence-electron chi connectivity index (χ1n) is 6.60. The van der Waals surface area contributed by atoms with Gasteiger partial charge in [-0.25, -0.2) is 4.98 Å². The molecule has 21 heavy (non-hydrogen) atoms. The highest BCUT2D eigenvalue weighted by Gasteiger charge is 2.09. The fourth-order valence-corrected chi connectivity index (χ4v) is 2.19. The van der Waals surface area contributed by atoms with Crippen molar-refractivity contribution in [3.8, 4) is 28.5 Å². The van der Waals surface area contributed by atoms with Crippen LogP contribution in [0.15, 0.2) is 42.5 Å². The number of hydrogen-bond acceptors (Lipinski definition) is 4. The maximum atomic E-state index is 5.92. The number of nitrogens with two attached hydrogens (primary N) is 1. The minimum Gasteiger partial charge on any atom is -0.495 e. The van der Waals surface area contributed by atoms with Gasteiger partial charge in [-0.1, -0.05) is 23.8 Å². The Hall–Kier alpha value is -2.82. The average molecular weight is 280 g/mol. The molecule has 3 aromatic rings. The van der Waals surface area contributed by atoms with Gasteiger partial charge in [0.25, 0.3) is 0 Å². The maximum Gasteiger partial charge on any atom is 0.181 e. The van der Waals surface area contributed by atoms with Gasteiger partial charge in [-0.15, -0.1) is 0 Å². The average Bonchev–Trinajstić information content (AvgIpc) is 2.97. The zero-order chi connectivity index (χ0) is 14.8. The highest BCUT2D eigenvalue weighted by Crippen LogP contribution is 2.27. The molecule has 106 valence electrons. The SMILES string of the molecule is COc1ccc(-c2nc(-c3cccc(C)c3)n[nH]2)cc1N. The van der Waals surface area contributed by atoms with E-state index in [2.05, 4.69) is 21.2 Å². The van der Waals surface area contributed by atoms with Gasteiger partial charge >= 0.3 is 0 Å². The second-order valence-electron chi connectivity index (χ2n) is 4.83. The lowest BCUT2D eigenvalue weighted by Gasteiger charge is -2.04. The Kier molecular flexibility index (Phi) is 3.31. The molecule has 0 atom stereocenters. The molecule has 0 fully saturated rings. The van der Waals surface area contributed by atoms with Gasteiger partial charge in [0, 0.05) is 11.1 Å². The number of methoxy groups -OCH3 is 1. The van der Waals surface area contributed by atoms with Gasteiger partial charge in [-0.3, -0.25) is 5.10 Å². The Bertz CT molecular complexity index is 779. The van der Waals surface area contributed by atoms with E-state index < -0.39 is 0 Å². The number of nitrogens with zero attached hydrogens (tertiary/aromatic N) is 2. The topological polar surface area (TPSA) is 76.8 Å². The van der Waals surface area contributed by atoms with Crippen molar-refractivity contribution in [1.82, 2.24) is 15.2 Å². The number of aryl methyl sites for hydroxylation is 1. The molecule has 0 aliphatic carbocycles. The van der Waals surface area contributed by atoms with Crippen LogP contribution >= 0.6 is 0 Å². The molecular formula is C16H16N4O. The number of ether oxygens (including phenoxy) is 1. The van der Waals surface area contributed by atoms with Crippen molar-refractivity contribution < 1.29 is 4.74 Å². The Balaban J connectivity index is 1.96. The lowest BCUT2D eigenvalue weighted by molar-refractivity contribution is 0.417. The van der Waals surface area contributed by atoms with Crippen LogP contribution in [0.3, 0.4) is 0 Å². The zero-order valence-corrected chi connectivity index (χ0v) is 11.9. The van der Waals surface area contributed by atoms with Crippen molar-refractivity contribution in [3.63, 3.8) is 0 Å². The molecule has 0 aliphatic rings. The number of aromatic amines is 1. The first-order valence-corrected chi connectivity index (χ1v) is 6.60. The fraction of sp³-hybridized carbons (Fsp3) is 0.125. The zero-order valence-electron chi connectivity index (χ0n) is 11.9. The first-order chi connectivity index (χ1) is 10.2. The summed E-state index contributed by atoms with van der Waals surface area (Å²) in [4.78, 5) is 4.53.